The lowest BCUT2D eigenvalue weighted by atomic mass is 10.1. The molecule has 0 unspecified atom stereocenters. The van der Waals surface area contributed by atoms with Gasteiger partial charge in [-0.25, -0.2) is 13.1 Å². The van der Waals surface area contributed by atoms with Crippen molar-refractivity contribution in [3.05, 3.63) is 65.2 Å². The topological polar surface area (TPSA) is 119 Å². The predicted octanol–water partition coefficient (Wildman–Crippen LogP) is 2.05. The van der Waals surface area contributed by atoms with E-state index >= 15 is 0 Å². The molecule has 8 nitrogen and oxygen atoms in total. The molecular weight excluding hydrogens is 408 g/mol. The van der Waals surface area contributed by atoms with E-state index in [9.17, 15) is 22.8 Å². The van der Waals surface area contributed by atoms with Crippen LogP contribution in [-0.4, -0.2) is 38.7 Å². The van der Waals surface area contributed by atoms with Gasteiger partial charge in [-0.15, -0.1) is 0 Å². The van der Waals surface area contributed by atoms with Crippen molar-refractivity contribution in [3.63, 3.8) is 0 Å². The van der Waals surface area contributed by atoms with E-state index in [0.717, 1.165) is 0 Å². The Bertz CT molecular complexity index is 1010. The first-order valence-corrected chi connectivity index (χ1v) is 10.7. The first kappa shape index (κ1) is 23.2. The van der Waals surface area contributed by atoms with Crippen LogP contribution in [-0.2, 0) is 26.1 Å². The van der Waals surface area contributed by atoms with Crippen LogP contribution < -0.4 is 10.0 Å². The highest BCUT2D eigenvalue weighted by atomic mass is 32.2. The Morgan fingerprint density at radius 3 is 2.03 bits per heavy atom. The fourth-order valence-corrected chi connectivity index (χ4v) is 3.48. The number of ketones is 1. The van der Waals surface area contributed by atoms with Crippen LogP contribution in [0.25, 0.3) is 0 Å². The van der Waals surface area contributed by atoms with E-state index in [1.54, 1.807) is 26.0 Å². The molecule has 0 saturated heterocycles. The fourth-order valence-electron chi connectivity index (χ4n) is 2.46. The number of hydrogen-bond acceptors (Lipinski definition) is 6. The number of rotatable bonds is 9. The van der Waals surface area contributed by atoms with Crippen molar-refractivity contribution < 1.29 is 27.5 Å². The second-order valence-electron chi connectivity index (χ2n) is 6.82. The molecule has 0 aliphatic rings. The third kappa shape index (κ3) is 6.78. The van der Waals surface area contributed by atoms with Gasteiger partial charge in [0.1, 0.15) is 6.54 Å². The summed E-state index contributed by atoms with van der Waals surface area (Å²) in [4.78, 5) is 34.9. The zero-order valence-electron chi connectivity index (χ0n) is 17.0. The number of nitrogens with one attached hydrogen (secondary N) is 2. The first-order valence-electron chi connectivity index (χ1n) is 9.26. The van der Waals surface area contributed by atoms with Gasteiger partial charge < -0.3 is 10.1 Å². The van der Waals surface area contributed by atoms with Crippen molar-refractivity contribution in [2.75, 3.05) is 6.54 Å². The summed E-state index contributed by atoms with van der Waals surface area (Å²) in [7, 11) is -3.75. The van der Waals surface area contributed by atoms with Crippen molar-refractivity contribution in [2.24, 2.45) is 0 Å². The Morgan fingerprint density at radius 2 is 1.50 bits per heavy atom. The number of carbonyl (C=O) groups is 3. The summed E-state index contributed by atoms with van der Waals surface area (Å²) in [6.07, 6.45) is -0.260. The summed E-state index contributed by atoms with van der Waals surface area (Å²) < 4.78 is 32.2. The second-order valence-corrected chi connectivity index (χ2v) is 8.59. The molecule has 0 aliphatic carbocycles. The van der Waals surface area contributed by atoms with Gasteiger partial charge in [0.25, 0.3) is 5.91 Å². The van der Waals surface area contributed by atoms with Crippen LogP contribution in [0.1, 0.15) is 47.1 Å². The van der Waals surface area contributed by atoms with E-state index in [1.807, 2.05) is 0 Å². The van der Waals surface area contributed by atoms with E-state index in [1.165, 1.54) is 43.3 Å². The minimum absolute atomic E-state index is 0.0272. The highest BCUT2D eigenvalue weighted by Crippen LogP contribution is 2.12. The van der Waals surface area contributed by atoms with E-state index in [2.05, 4.69) is 10.0 Å². The average molecular weight is 432 g/mol. The third-order valence-corrected chi connectivity index (χ3v) is 5.43. The van der Waals surface area contributed by atoms with Gasteiger partial charge in [0.15, 0.2) is 5.78 Å². The van der Waals surface area contributed by atoms with E-state index < -0.39 is 21.9 Å². The molecule has 9 heteroatoms. The maximum absolute atomic E-state index is 12.4. The van der Waals surface area contributed by atoms with Crippen LogP contribution in [0.4, 0.5) is 0 Å². The van der Waals surface area contributed by atoms with Crippen molar-refractivity contribution >= 4 is 27.7 Å². The molecule has 160 valence electrons. The molecule has 0 spiro atoms. The highest BCUT2D eigenvalue weighted by Gasteiger charge is 2.15. The lowest BCUT2D eigenvalue weighted by molar-refractivity contribution is -0.146. The molecule has 2 N–H and O–H groups in total. The molecule has 30 heavy (non-hydrogen) atoms. The van der Waals surface area contributed by atoms with Crippen molar-refractivity contribution in [1.29, 1.82) is 0 Å². The minimum Gasteiger partial charge on any atom is -0.462 e. The molecule has 0 heterocycles. The normalized spacial score (nSPS) is 11.2. The highest BCUT2D eigenvalue weighted by molar-refractivity contribution is 7.89. The zero-order chi connectivity index (χ0) is 22.3. The maximum Gasteiger partial charge on any atom is 0.325 e. The monoisotopic (exact) mass is 432 g/mol. The van der Waals surface area contributed by atoms with Gasteiger partial charge in [-0.05, 0) is 50.6 Å². The molecule has 2 rings (SSSR count). The molecule has 0 radical (unpaired) electrons. The number of esters is 1. The van der Waals surface area contributed by atoms with Gasteiger partial charge in [0.05, 0.1) is 11.0 Å². The number of benzene rings is 2. The van der Waals surface area contributed by atoms with Crippen molar-refractivity contribution in [3.8, 4) is 0 Å². The Labute approximate surface area is 175 Å². The molecule has 0 atom stereocenters. The number of ether oxygens (including phenoxy) is 1. The lowest BCUT2D eigenvalue weighted by Crippen LogP contribution is -2.31. The number of amides is 1. The van der Waals surface area contributed by atoms with Crippen LogP contribution >= 0.6 is 0 Å². The summed E-state index contributed by atoms with van der Waals surface area (Å²) in [5.74, 6) is -1.11. The molecule has 0 bridgehead atoms. The first-order chi connectivity index (χ1) is 14.1. The van der Waals surface area contributed by atoms with E-state index in [0.29, 0.717) is 16.7 Å². The van der Waals surface area contributed by atoms with Gasteiger partial charge in [-0.3, -0.25) is 14.4 Å². The van der Waals surface area contributed by atoms with Gasteiger partial charge in [-0.1, -0.05) is 24.3 Å². The van der Waals surface area contributed by atoms with Crippen LogP contribution in [0.3, 0.4) is 0 Å². The SMILES string of the molecule is CC(=O)c1ccc(S(=O)(=O)NCc2ccc(C(=O)NCC(=O)OC(C)C)cc2)cc1. The van der Waals surface area contributed by atoms with Crippen molar-refractivity contribution in [2.45, 2.75) is 38.3 Å². The Hall–Kier alpha value is -3.04. The zero-order valence-corrected chi connectivity index (χ0v) is 17.8. The largest absolute Gasteiger partial charge is 0.462 e. The predicted molar refractivity (Wildman–Crippen MR) is 110 cm³/mol. The van der Waals surface area contributed by atoms with E-state index in [4.69, 9.17) is 4.74 Å². The number of carbonyl (C=O) groups excluding carboxylic acids is 3. The number of sulfonamides is 1. The Morgan fingerprint density at radius 1 is 0.933 bits per heavy atom. The Kier molecular flexibility index (Phi) is 7.85. The van der Waals surface area contributed by atoms with Crippen LogP contribution in [0.5, 0.6) is 0 Å². The van der Waals surface area contributed by atoms with Crippen LogP contribution in [0.2, 0.25) is 0 Å². The van der Waals surface area contributed by atoms with Gasteiger partial charge >= 0.3 is 5.97 Å². The molecular formula is C21H24N2O6S. The Balaban J connectivity index is 1.93. The average Bonchev–Trinajstić information content (AvgIpc) is 2.70. The quantitative estimate of drug-likeness (QED) is 0.462. The smallest absolute Gasteiger partial charge is 0.325 e. The summed E-state index contributed by atoms with van der Waals surface area (Å²) in [6, 6.07) is 12.0. The van der Waals surface area contributed by atoms with Crippen LogP contribution in [0.15, 0.2) is 53.4 Å². The molecule has 1 amide bonds. The molecule has 0 fully saturated rings. The lowest BCUT2D eigenvalue weighted by Gasteiger charge is -2.10. The molecule has 0 saturated carbocycles. The third-order valence-electron chi connectivity index (χ3n) is 4.01. The standard InChI is InChI=1S/C21H24N2O6S/c1-14(2)29-20(25)13-22-21(26)18-6-4-16(5-7-18)12-23-30(27,28)19-10-8-17(9-11-19)15(3)24/h4-11,14,23H,12-13H2,1-3H3,(H,22,26). The summed E-state index contributed by atoms with van der Waals surface area (Å²) in [5.41, 5.74) is 1.41. The van der Waals surface area contributed by atoms with Gasteiger partial charge in [-0.2, -0.15) is 0 Å². The molecule has 0 aliphatic heterocycles. The molecule has 2 aromatic carbocycles. The maximum atomic E-state index is 12.4. The number of hydrogen-bond donors (Lipinski definition) is 2. The van der Waals surface area contributed by atoms with Gasteiger partial charge in [0.2, 0.25) is 10.0 Å². The minimum atomic E-state index is -3.75. The van der Waals surface area contributed by atoms with Gasteiger partial charge in [0, 0.05) is 17.7 Å². The summed E-state index contributed by atoms with van der Waals surface area (Å²) >= 11 is 0. The molecule has 2 aromatic rings. The number of Topliss-reactive ketones (excluding diaryl/α,β-unsaturated/α-hetero) is 1. The van der Waals surface area contributed by atoms with E-state index in [-0.39, 0.29) is 29.9 Å². The summed E-state index contributed by atoms with van der Waals surface area (Å²) in [6.45, 7) is 4.63. The molecule has 0 aromatic heterocycles. The van der Waals surface area contributed by atoms with Crippen molar-refractivity contribution in [1.82, 2.24) is 10.0 Å². The second kappa shape index (κ2) is 10.1. The fraction of sp³-hybridized carbons (Fsp3) is 0.286. The van der Waals surface area contributed by atoms with Crippen LogP contribution in [0, 0.1) is 0 Å². The summed E-state index contributed by atoms with van der Waals surface area (Å²) in [5, 5.41) is 2.46.